The number of carbonyl (C=O) groups is 2. The van der Waals surface area contributed by atoms with Crippen molar-refractivity contribution in [2.24, 2.45) is 0 Å². The van der Waals surface area contributed by atoms with Crippen molar-refractivity contribution >= 4 is 11.9 Å². The van der Waals surface area contributed by atoms with Gasteiger partial charge in [-0.05, 0) is 32.0 Å². The molecule has 1 amide bonds. The Bertz CT molecular complexity index is 661. The molecule has 0 saturated heterocycles. The summed E-state index contributed by atoms with van der Waals surface area (Å²) in [6, 6.07) is 6.56. The number of nitrogens with zero attached hydrogens (tertiary/aromatic N) is 1. The van der Waals surface area contributed by atoms with E-state index < -0.39 is 5.97 Å². The molecule has 0 atom stereocenters. The van der Waals surface area contributed by atoms with E-state index in [2.05, 4.69) is 10.3 Å². The third-order valence-corrected chi connectivity index (χ3v) is 2.74. The van der Waals surface area contributed by atoms with Crippen LogP contribution in [-0.2, 0) is 6.54 Å². The van der Waals surface area contributed by atoms with Gasteiger partial charge in [0, 0.05) is 5.69 Å². The molecule has 2 aromatic heterocycles. The second-order valence-corrected chi connectivity index (χ2v) is 4.33. The molecule has 0 bridgehead atoms. The van der Waals surface area contributed by atoms with E-state index in [1.807, 2.05) is 0 Å². The second kappa shape index (κ2) is 5.56. The largest absolute Gasteiger partial charge is 0.478 e. The average Bonchev–Trinajstić information content (AvgIpc) is 2.77. The summed E-state index contributed by atoms with van der Waals surface area (Å²) in [5.41, 5.74) is 1.16. The monoisotopic (exact) mass is 274 g/mol. The van der Waals surface area contributed by atoms with Gasteiger partial charge in [0.05, 0.1) is 6.54 Å². The Hall–Kier alpha value is -2.63. The first-order valence-corrected chi connectivity index (χ1v) is 6.02. The Morgan fingerprint density at radius 2 is 2.10 bits per heavy atom. The maximum Gasteiger partial charge on any atom is 0.339 e. The first-order valence-electron chi connectivity index (χ1n) is 6.02. The summed E-state index contributed by atoms with van der Waals surface area (Å²) < 4.78 is 5.27. The number of carbonyl (C=O) groups excluding carboxylic acids is 1. The Morgan fingerprint density at radius 3 is 2.70 bits per heavy atom. The Labute approximate surface area is 115 Å². The number of furan rings is 1. The highest BCUT2D eigenvalue weighted by atomic mass is 16.4. The minimum absolute atomic E-state index is 0.0999. The van der Waals surface area contributed by atoms with Crippen molar-refractivity contribution in [3.8, 4) is 0 Å². The molecule has 2 aromatic rings. The average molecular weight is 274 g/mol. The number of aromatic carboxylic acids is 1. The minimum atomic E-state index is -1.05. The van der Waals surface area contributed by atoms with Crippen molar-refractivity contribution in [1.29, 1.82) is 0 Å². The van der Waals surface area contributed by atoms with E-state index in [1.54, 1.807) is 32.0 Å². The fraction of sp³-hybridized carbons (Fsp3) is 0.214. The van der Waals surface area contributed by atoms with Gasteiger partial charge in [0.15, 0.2) is 0 Å². The number of carboxylic acids is 1. The van der Waals surface area contributed by atoms with E-state index in [4.69, 9.17) is 9.52 Å². The van der Waals surface area contributed by atoms with Crippen molar-refractivity contribution in [2.45, 2.75) is 20.4 Å². The fourth-order valence-electron chi connectivity index (χ4n) is 1.77. The molecule has 0 fully saturated rings. The molecule has 0 aliphatic heterocycles. The molecule has 6 heteroatoms. The molecule has 2 rings (SSSR count). The van der Waals surface area contributed by atoms with Crippen molar-refractivity contribution < 1.29 is 19.1 Å². The lowest BCUT2D eigenvalue weighted by Gasteiger charge is -2.03. The van der Waals surface area contributed by atoms with Crippen LogP contribution >= 0.6 is 0 Å². The number of amides is 1. The van der Waals surface area contributed by atoms with Gasteiger partial charge in [-0.3, -0.25) is 4.79 Å². The fourth-order valence-corrected chi connectivity index (χ4v) is 1.77. The number of hydrogen-bond donors (Lipinski definition) is 2. The van der Waals surface area contributed by atoms with Crippen molar-refractivity contribution in [2.75, 3.05) is 0 Å². The van der Waals surface area contributed by atoms with Gasteiger partial charge in [0.1, 0.15) is 22.8 Å². The molecule has 0 aromatic carbocycles. The maximum absolute atomic E-state index is 11.9. The highest BCUT2D eigenvalue weighted by molar-refractivity contribution is 5.92. The zero-order chi connectivity index (χ0) is 14.7. The van der Waals surface area contributed by atoms with Crippen LogP contribution in [0.3, 0.4) is 0 Å². The van der Waals surface area contributed by atoms with Crippen LogP contribution in [0.2, 0.25) is 0 Å². The zero-order valence-electron chi connectivity index (χ0n) is 11.1. The molecule has 0 aliphatic carbocycles. The van der Waals surface area contributed by atoms with E-state index in [-0.39, 0.29) is 18.0 Å². The van der Waals surface area contributed by atoms with Gasteiger partial charge >= 0.3 is 5.97 Å². The smallest absolute Gasteiger partial charge is 0.339 e. The summed E-state index contributed by atoms with van der Waals surface area (Å²) in [7, 11) is 0. The maximum atomic E-state index is 11.9. The van der Waals surface area contributed by atoms with Gasteiger partial charge in [-0.15, -0.1) is 0 Å². The van der Waals surface area contributed by atoms with Gasteiger partial charge in [0.2, 0.25) is 0 Å². The van der Waals surface area contributed by atoms with Crippen LogP contribution in [0.1, 0.15) is 38.1 Å². The molecule has 2 heterocycles. The number of aryl methyl sites for hydroxylation is 2. The molecule has 0 unspecified atom stereocenters. The third kappa shape index (κ3) is 3.03. The first kappa shape index (κ1) is 13.8. The Morgan fingerprint density at radius 1 is 1.35 bits per heavy atom. The van der Waals surface area contributed by atoms with E-state index in [0.29, 0.717) is 17.2 Å². The van der Waals surface area contributed by atoms with Gasteiger partial charge in [-0.2, -0.15) is 0 Å². The summed E-state index contributed by atoms with van der Waals surface area (Å²) in [5.74, 6) is -0.680. The normalized spacial score (nSPS) is 10.3. The summed E-state index contributed by atoms with van der Waals surface area (Å²) in [5, 5.41) is 11.5. The van der Waals surface area contributed by atoms with E-state index in [0.717, 1.165) is 5.69 Å². The molecule has 6 nitrogen and oxygen atoms in total. The van der Waals surface area contributed by atoms with Crippen LogP contribution in [0.4, 0.5) is 0 Å². The molecule has 0 spiro atoms. The molecule has 20 heavy (non-hydrogen) atoms. The standard InChI is InChI=1S/C14H14N2O4/c1-8-4-3-5-12(16-8)13(17)15-7-10-6-11(14(18)19)9(2)20-10/h3-6H,7H2,1-2H3,(H,15,17)(H,18,19). The van der Waals surface area contributed by atoms with Gasteiger partial charge in [-0.1, -0.05) is 6.07 Å². The lowest BCUT2D eigenvalue weighted by Crippen LogP contribution is -2.23. The number of rotatable bonds is 4. The van der Waals surface area contributed by atoms with Crippen LogP contribution in [0.5, 0.6) is 0 Å². The van der Waals surface area contributed by atoms with E-state index in [9.17, 15) is 9.59 Å². The molecular formula is C14H14N2O4. The Balaban J connectivity index is 2.04. The Kier molecular flexibility index (Phi) is 3.84. The summed E-state index contributed by atoms with van der Waals surface area (Å²) >= 11 is 0. The molecule has 104 valence electrons. The van der Waals surface area contributed by atoms with E-state index in [1.165, 1.54) is 6.07 Å². The van der Waals surface area contributed by atoms with Crippen LogP contribution in [-0.4, -0.2) is 22.0 Å². The second-order valence-electron chi connectivity index (χ2n) is 4.33. The lowest BCUT2D eigenvalue weighted by atomic mass is 10.2. The number of nitrogens with one attached hydrogen (secondary N) is 1. The molecule has 0 saturated carbocycles. The van der Waals surface area contributed by atoms with Crippen LogP contribution in [0.25, 0.3) is 0 Å². The predicted octanol–water partition coefficient (Wildman–Crippen LogP) is 1.92. The van der Waals surface area contributed by atoms with Crippen molar-refractivity contribution in [3.63, 3.8) is 0 Å². The van der Waals surface area contributed by atoms with Gasteiger partial charge in [-0.25, -0.2) is 9.78 Å². The van der Waals surface area contributed by atoms with Crippen LogP contribution in [0, 0.1) is 13.8 Å². The molecule has 0 aliphatic rings. The quantitative estimate of drug-likeness (QED) is 0.888. The predicted molar refractivity (Wildman–Crippen MR) is 70.5 cm³/mol. The topological polar surface area (TPSA) is 92.4 Å². The summed E-state index contributed by atoms with van der Waals surface area (Å²) in [6.45, 7) is 3.48. The molecule has 0 radical (unpaired) electrons. The van der Waals surface area contributed by atoms with E-state index >= 15 is 0 Å². The van der Waals surface area contributed by atoms with Crippen molar-refractivity contribution in [1.82, 2.24) is 10.3 Å². The van der Waals surface area contributed by atoms with Gasteiger partial charge < -0.3 is 14.8 Å². The number of carboxylic acid groups (broad SMARTS) is 1. The SMILES string of the molecule is Cc1cccc(C(=O)NCc2cc(C(=O)O)c(C)o2)n1. The number of aromatic nitrogens is 1. The van der Waals surface area contributed by atoms with Crippen LogP contribution < -0.4 is 5.32 Å². The highest BCUT2D eigenvalue weighted by Gasteiger charge is 2.14. The summed E-state index contributed by atoms with van der Waals surface area (Å²) in [6.07, 6.45) is 0. The highest BCUT2D eigenvalue weighted by Crippen LogP contribution is 2.14. The lowest BCUT2D eigenvalue weighted by molar-refractivity contribution is 0.0694. The van der Waals surface area contributed by atoms with Crippen LogP contribution in [0.15, 0.2) is 28.7 Å². The number of pyridine rings is 1. The molecule has 2 N–H and O–H groups in total. The van der Waals surface area contributed by atoms with Gasteiger partial charge in [0.25, 0.3) is 5.91 Å². The zero-order valence-corrected chi connectivity index (χ0v) is 11.1. The van der Waals surface area contributed by atoms with Crippen molar-refractivity contribution in [3.05, 3.63) is 52.7 Å². The number of hydrogen-bond acceptors (Lipinski definition) is 4. The summed E-state index contributed by atoms with van der Waals surface area (Å²) in [4.78, 5) is 26.8. The third-order valence-electron chi connectivity index (χ3n) is 2.74. The molecular weight excluding hydrogens is 260 g/mol. The minimum Gasteiger partial charge on any atom is -0.478 e. The first-order chi connectivity index (χ1) is 9.47.